The summed E-state index contributed by atoms with van der Waals surface area (Å²) in [6.45, 7) is 10.1. The van der Waals surface area contributed by atoms with Crippen molar-refractivity contribution in [1.29, 1.82) is 0 Å². The molecular formula is C44H47BrN2O2. The number of non-ortho nitro benzene ring substituents is 1. The van der Waals surface area contributed by atoms with Crippen molar-refractivity contribution >= 4 is 27.3 Å². The molecule has 0 aromatic heterocycles. The number of allylic oxidation sites excluding steroid dienone is 5. The maximum Gasteiger partial charge on any atom is 0.271 e. The molecule has 0 amide bonds. The SMILES string of the molecule is C=C(/C=C/C=C1/N(CCCC)c2c(Br)cc([N+](=O)[O-])cc2C12CCCCC2)C(Cc1ccccc1)(Cc1ccccc1)c1ccccc1C. The van der Waals surface area contributed by atoms with Crippen LogP contribution in [-0.2, 0) is 23.7 Å². The van der Waals surface area contributed by atoms with Crippen molar-refractivity contribution in [3.05, 3.63) is 176 Å². The summed E-state index contributed by atoms with van der Waals surface area (Å²) in [6, 6.07) is 33.8. The van der Waals surface area contributed by atoms with E-state index in [0.29, 0.717) is 0 Å². The molecule has 49 heavy (non-hydrogen) atoms. The number of nitro benzene ring substituents is 1. The summed E-state index contributed by atoms with van der Waals surface area (Å²) in [6.07, 6.45) is 15.9. The summed E-state index contributed by atoms with van der Waals surface area (Å²) in [7, 11) is 0. The fourth-order valence-corrected chi connectivity index (χ4v) is 9.05. The van der Waals surface area contributed by atoms with Crippen LogP contribution in [-0.4, -0.2) is 11.5 Å². The highest BCUT2D eigenvalue weighted by molar-refractivity contribution is 9.10. The third-order valence-electron chi connectivity index (χ3n) is 10.8. The van der Waals surface area contributed by atoms with E-state index in [1.165, 1.54) is 34.4 Å². The Labute approximate surface area is 300 Å². The lowest BCUT2D eigenvalue weighted by molar-refractivity contribution is -0.385. The van der Waals surface area contributed by atoms with Gasteiger partial charge in [-0.15, -0.1) is 0 Å². The molecule has 1 fully saturated rings. The van der Waals surface area contributed by atoms with Gasteiger partial charge in [0, 0.05) is 39.7 Å². The third-order valence-corrected chi connectivity index (χ3v) is 11.4. The number of unbranched alkanes of at least 4 members (excludes halogenated alkanes) is 1. The van der Waals surface area contributed by atoms with Gasteiger partial charge in [0.25, 0.3) is 5.69 Å². The summed E-state index contributed by atoms with van der Waals surface area (Å²) in [5.41, 5.74) is 9.16. The summed E-state index contributed by atoms with van der Waals surface area (Å²) in [5.74, 6) is 0. The van der Waals surface area contributed by atoms with E-state index in [9.17, 15) is 10.1 Å². The summed E-state index contributed by atoms with van der Waals surface area (Å²) >= 11 is 3.78. The molecule has 0 radical (unpaired) electrons. The second-order valence-corrected chi connectivity index (χ2v) is 14.7. The average molecular weight is 716 g/mol. The van der Waals surface area contributed by atoms with E-state index >= 15 is 0 Å². The van der Waals surface area contributed by atoms with Crippen molar-refractivity contribution in [1.82, 2.24) is 0 Å². The number of nitro groups is 1. The molecule has 2 aliphatic rings. The molecule has 0 N–H and O–H groups in total. The minimum atomic E-state index is -0.379. The predicted octanol–water partition coefficient (Wildman–Crippen LogP) is 11.9. The molecule has 1 aliphatic heterocycles. The van der Waals surface area contributed by atoms with E-state index in [-0.39, 0.29) is 21.4 Å². The molecule has 1 saturated carbocycles. The van der Waals surface area contributed by atoms with Gasteiger partial charge in [-0.3, -0.25) is 10.1 Å². The average Bonchev–Trinajstić information content (AvgIpc) is 3.36. The zero-order valence-corrected chi connectivity index (χ0v) is 30.4. The number of rotatable bonds is 12. The largest absolute Gasteiger partial charge is 0.343 e. The normalized spacial score (nSPS) is 16.4. The number of halogens is 1. The maximum absolute atomic E-state index is 12.0. The van der Waals surface area contributed by atoms with E-state index in [0.717, 1.165) is 79.2 Å². The molecule has 4 aromatic rings. The van der Waals surface area contributed by atoms with Crippen LogP contribution < -0.4 is 4.90 Å². The number of hydrogen-bond acceptors (Lipinski definition) is 3. The van der Waals surface area contributed by atoms with Crippen LogP contribution in [0.25, 0.3) is 0 Å². The molecular weight excluding hydrogens is 668 g/mol. The highest BCUT2D eigenvalue weighted by Crippen LogP contribution is 2.58. The highest BCUT2D eigenvalue weighted by atomic mass is 79.9. The van der Waals surface area contributed by atoms with Gasteiger partial charge in [0.2, 0.25) is 0 Å². The zero-order valence-electron chi connectivity index (χ0n) is 28.8. The third kappa shape index (κ3) is 6.96. The lowest BCUT2D eigenvalue weighted by Crippen LogP contribution is -2.34. The summed E-state index contributed by atoms with van der Waals surface area (Å²) in [5, 5.41) is 12.0. The van der Waals surface area contributed by atoms with Gasteiger partial charge in [-0.25, -0.2) is 0 Å². The Hall–Kier alpha value is -4.22. The molecule has 0 bridgehead atoms. The van der Waals surface area contributed by atoms with Crippen molar-refractivity contribution < 1.29 is 4.92 Å². The minimum Gasteiger partial charge on any atom is -0.343 e. The van der Waals surface area contributed by atoms with Crippen LogP contribution in [0.5, 0.6) is 0 Å². The van der Waals surface area contributed by atoms with E-state index in [1.807, 2.05) is 6.07 Å². The lowest BCUT2D eigenvalue weighted by Gasteiger charge is -2.38. The standard InChI is InChI=1S/C44H47BrN2O2/c1-4-5-28-46-41(43(26-15-8-16-27-43)39-29-37(47(48)49)30-40(45)42(39)46)25-17-19-34(3)44(31-35-20-9-6-10-21-35,32-36-22-11-7-12-23-36)38-24-14-13-18-33(38)2/h6-7,9-14,17-25,29-30H,3-5,8,15-16,26-28,31-32H2,1-2H3/b19-17+,41-25+. The van der Waals surface area contributed by atoms with Crippen LogP contribution in [0, 0.1) is 17.0 Å². The van der Waals surface area contributed by atoms with Crippen LogP contribution in [0.1, 0.15) is 79.7 Å². The Morgan fingerprint density at radius 3 is 2.14 bits per heavy atom. The quantitative estimate of drug-likeness (QED) is 0.0833. The molecule has 0 saturated heterocycles. The Morgan fingerprint density at radius 1 is 0.939 bits per heavy atom. The van der Waals surface area contributed by atoms with Gasteiger partial charge >= 0.3 is 0 Å². The molecule has 252 valence electrons. The number of fused-ring (bicyclic) bond motifs is 2. The van der Waals surface area contributed by atoms with Crippen molar-refractivity contribution in [2.45, 2.75) is 82.5 Å². The second kappa shape index (κ2) is 15.1. The van der Waals surface area contributed by atoms with Gasteiger partial charge < -0.3 is 4.90 Å². The minimum absolute atomic E-state index is 0.154. The number of benzene rings is 4. The van der Waals surface area contributed by atoms with E-state index in [1.54, 1.807) is 6.07 Å². The molecule has 0 atom stereocenters. The number of hydrogen-bond donors (Lipinski definition) is 0. The molecule has 1 heterocycles. The monoisotopic (exact) mass is 714 g/mol. The van der Waals surface area contributed by atoms with Gasteiger partial charge in [0.05, 0.1) is 10.6 Å². The topological polar surface area (TPSA) is 46.4 Å². The number of aryl methyl sites for hydroxylation is 1. The molecule has 5 heteroatoms. The highest BCUT2D eigenvalue weighted by Gasteiger charge is 2.49. The lowest BCUT2D eigenvalue weighted by atomic mass is 9.65. The van der Waals surface area contributed by atoms with Gasteiger partial charge in [-0.2, -0.15) is 0 Å². The van der Waals surface area contributed by atoms with Crippen LogP contribution in [0.15, 0.2) is 138 Å². The van der Waals surface area contributed by atoms with E-state index < -0.39 is 0 Å². The van der Waals surface area contributed by atoms with Crippen LogP contribution in [0.4, 0.5) is 11.4 Å². The van der Waals surface area contributed by atoms with Crippen LogP contribution in [0.2, 0.25) is 0 Å². The van der Waals surface area contributed by atoms with Gasteiger partial charge in [0.1, 0.15) is 0 Å². The van der Waals surface area contributed by atoms with Crippen LogP contribution >= 0.6 is 15.9 Å². The molecule has 4 aromatic carbocycles. The first-order valence-corrected chi connectivity index (χ1v) is 18.6. The van der Waals surface area contributed by atoms with Gasteiger partial charge in [0.15, 0.2) is 0 Å². The fraction of sp³-hybridized carbons (Fsp3) is 0.318. The Kier molecular flexibility index (Phi) is 10.7. The maximum atomic E-state index is 12.0. The predicted molar refractivity (Wildman–Crippen MR) is 207 cm³/mol. The molecule has 1 aliphatic carbocycles. The van der Waals surface area contributed by atoms with Crippen molar-refractivity contribution in [3.8, 4) is 0 Å². The molecule has 1 spiro atoms. The molecule has 6 rings (SSSR count). The zero-order chi connectivity index (χ0) is 34.4. The van der Waals surface area contributed by atoms with E-state index in [4.69, 9.17) is 6.58 Å². The van der Waals surface area contributed by atoms with Crippen molar-refractivity contribution in [3.63, 3.8) is 0 Å². The van der Waals surface area contributed by atoms with Crippen molar-refractivity contribution in [2.75, 3.05) is 11.4 Å². The second-order valence-electron chi connectivity index (χ2n) is 13.9. The Bertz CT molecular complexity index is 1810. The summed E-state index contributed by atoms with van der Waals surface area (Å²) < 4.78 is 0.804. The van der Waals surface area contributed by atoms with Crippen LogP contribution in [0.3, 0.4) is 0 Å². The number of anilines is 1. The first-order valence-electron chi connectivity index (χ1n) is 17.8. The first kappa shape index (κ1) is 34.6. The smallest absolute Gasteiger partial charge is 0.271 e. The molecule has 0 unspecified atom stereocenters. The molecule has 4 nitrogen and oxygen atoms in total. The van der Waals surface area contributed by atoms with Gasteiger partial charge in [-0.1, -0.05) is 136 Å². The summed E-state index contributed by atoms with van der Waals surface area (Å²) in [4.78, 5) is 14.2. The van der Waals surface area contributed by atoms with Gasteiger partial charge in [-0.05, 0) is 94.4 Å². The van der Waals surface area contributed by atoms with Crippen molar-refractivity contribution in [2.24, 2.45) is 0 Å². The van der Waals surface area contributed by atoms with E-state index in [2.05, 4.69) is 138 Å². The Balaban J connectivity index is 1.48. The fourth-order valence-electron chi connectivity index (χ4n) is 8.39. The number of nitrogens with zero attached hydrogens (tertiary/aromatic N) is 2. The first-order chi connectivity index (χ1) is 23.8. The Morgan fingerprint density at radius 2 is 1.55 bits per heavy atom.